The summed E-state index contributed by atoms with van der Waals surface area (Å²) < 4.78 is 20.2. The van der Waals surface area contributed by atoms with Crippen molar-refractivity contribution in [3.63, 3.8) is 0 Å². The summed E-state index contributed by atoms with van der Waals surface area (Å²) in [5, 5.41) is 0.275. The van der Waals surface area contributed by atoms with Crippen LogP contribution in [0, 0.1) is 19.7 Å². The largest absolute Gasteiger partial charge is 0.454 e. The van der Waals surface area contributed by atoms with Gasteiger partial charge in [0.25, 0.3) is 0 Å². The third-order valence-electron chi connectivity index (χ3n) is 4.56. The molecule has 3 rings (SSSR count). The average Bonchev–Trinajstić information content (AvgIpc) is 2.96. The average molecular weight is 400 g/mol. The van der Waals surface area contributed by atoms with Crippen LogP contribution in [0.4, 0.5) is 4.39 Å². The van der Waals surface area contributed by atoms with E-state index in [0.717, 1.165) is 17.0 Å². The predicted octanol–water partition coefficient (Wildman–Crippen LogP) is 4.99. The summed E-state index contributed by atoms with van der Waals surface area (Å²) >= 11 is 5.97. The second kappa shape index (κ2) is 8.40. The van der Waals surface area contributed by atoms with Crippen LogP contribution in [0.25, 0.3) is 0 Å². The van der Waals surface area contributed by atoms with Crippen molar-refractivity contribution in [1.82, 2.24) is 4.57 Å². The fourth-order valence-electron chi connectivity index (χ4n) is 3.01. The second-order valence-electron chi connectivity index (χ2n) is 6.48. The molecule has 1 heterocycles. The molecule has 0 amide bonds. The van der Waals surface area contributed by atoms with Gasteiger partial charge in [0.1, 0.15) is 5.82 Å². The van der Waals surface area contributed by atoms with Crippen molar-refractivity contribution < 1.29 is 18.7 Å². The Bertz CT molecular complexity index is 1020. The van der Waals surface area contributed by atoms with Crippen molar-refractivity contribution in [2.75, 3.05) is 6.61 Å². The van der Waals surface area contributed by atoms with E-state index in [1.807, 2.05) is 18.4 Å². The molecule has 0 saturated heterocycles. The van der Waals surface area contributed by atoms with Gasteiger partial charge in [-0.25, -0.2) is 9.18 Å². The lowest BCUT2D eigenvalue weighted by Gasteiger charge is -2.10. The number of ether oxygens (including phenoxy) is 1. The maximum Gasteiger partial charge on any atom is 0.340 e. The Morgan fingerprint density at radius 1 is 1.04 bits per heavy atom. The molecule has 0 N–H and O–H groups in total. The molecule has 0 aliphatic heterocycles. The first-order chi connectivity index (χ1) is 13.4. The molecule has 0 atom stereocenters. The van der Waals surface area contributed by atoms with E-state index in [0.29, 0.717) is 12.1 Å². The van der Waals surface area contributed by atoms with Crippen molar-refractivity contribution >= 4 is 23.4 Å². The van der Waals surface area contributed by atoms with Crippen LogP contribution in [0.5, 0.6) is 0 Å². The lowest BCUT2D eigenvalue weighted by Crippen LogP contribution is -2.15. The number of ketones is 1. The third kappa shape index (κ3) is 4.31. The van der Waals surface area contributed by atoms with Crippen LogP contribution in [0.1, 0.15) is 37.7 Å². The SMILES string of the molecule is Cc1cc(C(=O)COC(=O)c2ccccc2Cl)c(C)n1Cc1ccc(F)cc1. The number of rotatable bonds is 6. The fraction of sp³-hybridized carbons (Fsp3) is 0.182. The van der Waals surface area contributed by atoms with Gasteiger partial charge in [-0.15, -0.1) is 0 Å². The van der Waals surface area contributed by atoms with Crippen molar-refractivity contribution in [2.24, 2.45) is 0 Å². The number of halogens is 2. The van der Waals surface area contributed by atoms with Crippen molar-refractivity contribution in [3.05, 3.63) is 93.5 Å². The molecular formula is C22H19ClFNO3. The molecule has 2 aromatic carbocycles. The highest BCUT2D eigenvalue weighted by atomic mass is 35.5. The van der Waals surface area contributed by atoms with E-state index in [-0.39, 0.29) is 28.8 Å². The van der Waals surface area contributed by atoms with Gasteiger partial charge in [0, 0.05) is 23.5 Å². The number of carbonyl (C=O) groups is 2. The maximum atomic E-state index is 13.1. The van der Waals surface area contributed by atoms with Crippen LogP contribution < -0.4 is 0 Å². The predicted molar refractivity (Wildman–Crippen MR) is 105 cm³/mol. The van der Waals surface area contributed by atoms with Gasteiger partial charge < -0.3 is 9.30 Å². The highest BCUT2D eigenvalue weighted by Gasteiger charge is 2.19. The lowest BCUT2D eigenvalue weighted by atomic mass is 10.1. The lowest BCUT2D eigenvalue weighted by molar-refractivity contribution is 0.0474. The van der Waals surface area contributed by atoms with E-state index < -0.39 is 5.97 Å². The summed E-state index contributed by atoms with van der Waals surface area (Å²) in [6, 6.07) is 14.5. The monoisotopic (exact) mass is 399 g/mol. The van der Waals surface area contributed by atoms with Crippen LogP contribution >= 0.6 is 11.6 Å². The molecule has 0 spiro atoms. The van der Waals surface area contributed by atoms with Crippen LogP contribution in [0.15, 0.2) is 54.6 Å². The molecule has 3 aromatic rings. The van der Waals surface area contributed by atoms with Crippen molar-refractivity contribution in [3.8, 4) is 0 Å². The smallest absolute Gasteiger partial charge is 0.340 e. The minimum absolute atomic E-state index is 0.221. The molecular weight excluding hydrogens is 381 g/mol. The highest BCUT2D eigenvalue weighted by molar-refractivity contribution is 6.33. The second-order valence-corrected chi connectivity index (χ2v) is 6.88. The van der Waals surface area contributed by atoms with Crippen LogP contribution in [0.3, 0.4) is 0 Å². The first-order valence-electron chi connectivity index (χ1n) is 8.73. The standard InChI is InChI=1S/C22H19ClFNO3/c1-14-11-19(15(2)25(14)12-16-7-9-17(24)10-8-16)21(26)13-28-22(27)18-5-3-4-6-20(18)23/h3-11H,12-13H2,1-2H3. The minimum Gasteiger partial charge on any atom is -0.454 e. The van der Waals surface area contributed by atoms with E-state index in [1.54, 1.807) is 42.5 Å². The normalized spacial score (nSPS) is 10.7. The summed E-state index contributed by atoms with van der Waals surface area (Å²) in [6.07, 6.45) is 0. The van der Waals surface area contributed by atoms with Crippen LogP contribution in [-0.4, -0.2) is 22.9 Å². The Kier molecular flexibility index (Phi) is 5.95. The van der Waals surface area contributed by atoms with Gasteiger partial charge >= 0.3 is 5.97 Å². The Balaban J connectivity index is 1.71. The van der Waals surface area contributed by atoms with Gasteiger partial charge in [0.15, 0.2) is 6.61 Å². The van der Waals surface area contributed by atoms with Crippen LogP contribution in [0.2, 0.25) is 5.02 Å². The van der Waals surface area contributed by atoms with E-state index in [4.69, 9.17) is 16.3 Å². The topological polar surface area (TPSA) is 48.3 Å². The molecule has 0 aliphatic rings. The highest BCUT2D eigenvalue weighted by Crippen LogP contribution is 2.19. The number of hydrogen-bond acceptors (Lipinski definition) is 3. The Morgan fingerprint density at radius 3 is 2.39 bits per heavy atom. The summed E-state index contributed by atoms with van der Waals surface area (Å²) in [5.41, 5.74) is 3.29. The number of carbonyl (C=O) groups excluding carboxylic acids is 2. The zero-order chi connectivity index (χ0) is 20.3. The van der Waals surface area contributed by atoms with E-state index in [1.165, 1.54) is 12.1 Å². The number of Topliss-reactive ketones (excluding diaryl/α,β-unsaturated/α-hetero) is 1. The molecule has 4 nitrogen and oxygen atoms in total. The molecule has 0 aliphatic carbocycles. The van der Waals surface area contributed by atoms with Crippen LogP contribution in [-0.2, 0) is 11.3 Å². The molecule has 0 unspecified atom stereocenters. The first kappa shape index (κ1) is 19.8. The molecule has 0 fully saturated rings. The minimum atomic E-state index is -0.640. The number of aryl methyl sites for hydroxylation is 1. The molecule has 6 heteroatoms. The van der Waals surface area contributed by atoms with Gasteiger partial charge in [-0.05, 0) is 49.7 Å². The third-order valence-corrected chi connectivity index (χ3v) is 4.89. The molecule has 0 radical (unpaired) electrons. The molecule has 0 saturated carbocycles. The summed E-state index contributed by atoms with van der Waals surface area (Å²) in [4.78, 5) is 24.7. The van der Waals surface area contributed by atoms with Gasteiger partial charge in [0.05, 0.1) is 10.6 Å². The van der Waals surface area contributed by atoms with Gasteiger partial charge in [-0.3, -0.25) is 4.79 Å². The number of aromatic nitrogens is 1. The number of esters is 1. The van der Waals surface area contributed by atoms with E-state index in [9.17, 15) is 14.0 Å². The molecule has 28 heavy (non-hydrogen) atoms. The maximum absolute atomic E-state index is 13.1. The van der Waals surface area contributed by atoms with E-state index >= 15 is 0 Å². The van der Waals surface area contributed by atoms with Crippen molar-refractivity contribution in [1.29, 1.82) is 0 Å². The van der Waals surface area contributed by atoms with Gasteiger partial charge in [-0.2, -0.15) is 0 Å². The molecule has 144 valence electrons. The molecule has 1 aromatic heterocycles. The summed E-state index contributed by atoms with van der Waals surface area (Å²) in [5.74, 6) is -1.22. The van der Waals surface area contributed by atoms with E-state index in [2.05, 4.69) is 0 Å². The first-order valence-corrected chi connectivity index (χ1v) is 9.10. The van der Waals surface area contributed by atoms with Gasteiger partial charge in [-0.1, -0.05) is 35.9 Å². The zero-order valence-electron chi connectivity index (χ0n) is 15.5. The number of benzene rings is 2. The Morgan fingerprint density at radius 2 is 1.71 bits per heavy atom. The summed E-state index contributed by atoms with van der Waals surface area (Å²) in [7, 11) is 0. The molecule has 0 bridgehead atoms. The summed E-state index contributed by atoms with van der Waals surface area (Å²) in [6.45, 7) is 3.87. The fourth-order valence-corrected chi connectivity index (χ4v) is 3.23. The zero-order valence-corrected chi connectivity index (χ0v) is 16.3. The quantitative estimate of drug-likeness (QED) is 0.433. The number of hydrogen-bond donors (Lipinski definition) is 0. The number of nitrogens with zero attached hydrogens (tertiary/aromatic N) is 1. The van der Waals surface area contributed by atoms with Gasteiger partial charge in [0.2, 0.25) is 5.78 Å². The Labute approximate surface area is 167 Å². The Hall–Kier alpha value is -2.92. The van der Waals surface area contributed by atoms with Crippen molar-refractivity contribution in [2.45, 2.75) is 20.4 Å².